The Kier molecular flexibility index (Phi) is 5.18. The van der Waals surface area contributed by atoms with Gasteiger partial charge in [-0.25, -0.2) is 0 Å². The van der Waals surface area contributed by atoms with E-state index in [9.17, 15) is 0 Å². The van der Waals surface area contributed by atoms with Crippen molar-refractivity contribution in [2.75, 3.05) is 20.8 Å². The molecule has 1 aromatic heterocycles. The summed E-state index contributed by atoms with van der Waals surface area (Å²) in [5.41, 5.74) is 2.23. The Morgan fingerprint density at radius 3 is 2.83 bits per heavy atom. The van der Waals surface area contributed by atoms with E-state index in [2.05, 4.69) is 23.0 Å². The van der Waals surface area contributed by atoms with Gasteiger partial charge in [0.25, 0.3) is 0 Å². The van der Waals surface area contributed by atoms with Crippen molar-refractivity contribution < 1.29 is 9.47 Å². The van der Waals surface area contributed by atoms with Crippen LogP contribution in [0.1, 0.15) is 44.3 Å². The van der Waals surface area contributed by atoms with Gasteiger partial charge in [0.2, 0.25) is 0 Å². The predicted molar refractivity (Wildman–Crippen MR) is 92.0 cm³/mol. The van der Waals surface area contributed by atoms with Crippen LogP contribution in [-0.4, -0.2) is 36.6 Å². The second kappa shape index (κ2) is 7.32. The highest BCUT2D eigenvalue weighted by Gasteiger charge is 2.26. The second-order valence-electron chi connectivity index (χ2n) is 6.33. The summed E-state index contributed by atoms with van der Waals surface area (Å²) in [7, 11) is 3.47. The Labute approximate surface area is 138 Å². The maximum absolute atomic E-state index is 5.58. The number of nitrogens with one attached hydrogen (secondary N) is 1. The van der Waals surface area contributed by atoms with Gasteiger partial charge in [0.05, 0.1) is 12.8 Å². The van der Waals surface area contributed by atoms with Crippen LogP contribution in [0.4, 0.5) is 0 Å². The fourth-order valence-electron chi connectivity index (χ4n) is 3.07. The van der Waals surface area contributed by atoms with E-state index in [0.29, 0.717) is 6.04 Å². The van der Waals surface area contributed by atoms with Crippen molar-refractivity contribution in [2.45, 2.75) is 51.2 Å². The molecule has 2 aromatic rings. The molecule has 1 atom stereocenters. The fourth-order valence-corrected chi connectivity index (χ4v) is 3.07. The molecule has 0 saturated heterocycles. The summed E-state index contributed by atoms with van der Waals surface area (Å²) in [6.07, 6.45) is 4.65. The van der Waals surface area contributed by atoms with Crippen molar-refractivity contribution in [3.63, 3.8) is 0 Å². The SMILES string of the molecule is COCCCCn1nc(C(C)NC2CC2)c2cccc(OC)c21. The lowest BCUT2D eigenvalue weighted by molar-refractivity contribution is 0.191. The summed E-state index contributed by atoms with van der Waals surface area (Å²) in [5, 5.41) is 9.75. The zero-order chi connectivity index (χ0) is 16.2. The zero-order valence-electron chi connectivity index (χ0n) is 14.3. The third kappa shape index (κ3) is 3.67. The predicted octanol–water partition coefficient (Wildman–Crippen LogP) is 3.28. The van der Waals surface area contributed by atoms with Crippen molar-refractivity contribution in [3.8, 4) is 5.75 Å². The van der Waals surface area contributed by atoms with Gasteiger partial charge < -0.3 is 14.8 Å². The van der Waals surface area contributed by atoms with Crippen molar-refractivity contribution >= 4 is 10.9 Å². The first-order valence-electron chi connectivity index (χ1n) is 8.53. The minimum Gasteiger partial charge on any atom is -0.494 e. The number of methoxy groups -OCH3 is 2. The molecule has 0 amide bonds. The molecule has 3 rings (SSSR count). The van der Waals surface area contributed by atoms with Crippen LogP contribution in [0.15, 0.2) is 18.2 Å². The standard InChI is InChI=1S/C18H27N3O2/c1-13(19-14-9-10-14)17-15-7-6-8-16(23-3)18(15)21(20-17)11-4-5-12-22-2/h6-8,13-14,19H,4-5,9-12H2,1-3H3. The number of fused-ring (bicyclic) bond motifs is 1. The largest absolute Gasteiger partial charge is 0.494 e. The van der Waals surface area contributed by atoms with E-state index in [1.54, 1.807) is 14.2 Å². The lowest BCUT2D eigenvalue weighted by Crippen LogP contribution is -2.21. The first kappa shape index (κ1) is 16.3. The first-order valence-corrected chi connectivity index (χ1v) is 8.53. The molecule has 5 heteroatoms. The van der Waals surface area contributed by atoms with E-state index in [-0.39, 0.29) is 6.04 Å². The summed E-state index contributed by atoms with van der Waals surface area (Å²) in [6, 6.07) is 7.13. The van der Waals surface area contributed by atoms with Gasteiger partial charge in [-0.05, 0) is 38.7 Å². The summed E-state index contributed by atoms with van der Waals surface area (Å²) < 4.78 is 12.8. The highest BCUT2D eigenvalue weighted by molar-refractivity contribution is 5.87. The fraction of sp³-hybridized carbons (Fsp3) is 0.611. The lowest BCUT2D eigenvalue weighted by atomic mass is 10.1. The van der Waals surface area contributed by atoms with Gasteiger partial charge in [-0.15, -0.1) is 0 Å². The molecule has 1 fully saturated rings. The third-order valence-electron chi connectivity index (χ3n) is 4.42. The van der Waals surface area contributed by atoms with Crippen LogP contribution in [0.2, 0.25) is 0 Å². The van der Waals surface area contributed by atoms with Crippen molar-refractivity contribution in [1.29, 1.82) is 0 Å². The van der Waals surface area contributed by atoms with Crippen molar-refractivity contribution in [3.05, 3.63) is 23.9 Å². The summed E-state index contributed by atoms with van der Waals surface area (Å²) in [6.45, 7) is 3.88. The number of unbranched alkanes of at least 4 members (excludes halogenated alkanes) is 1. The zero-order valence-corrected chi connectivity index (χ0v) is 14.3. The molecule has 1 saturated carbocycles. The molecule has 0 aliphatic heterocycles. The number of benzene rings is 1. The Balaban J connectivity index is 1.89. The van der Waals surface area contributed by atoms with Gasteiger partial charge in [-0.2, -0.15) is 5.10 Å². The molecule has 1 aromatic carbocycles. The summed E-state index contributed by atoms with van der Waals surface area (Å²) in [4.78, 5) is 0. The number of nitrogens with zero attached hydrogens (tertiary/aromatic N) is 2. The van der Waals surface area contributed by atoms with Gasteiger partial charge in [0, 0.05) is 37.7 Å². The molecular weight excluding hydrogens is 290 g/mol. The third-order valence-corrected chi connectivity index (χ3v) is 4.42. The van der Waals surface area contributed by atoms with Gasteiger partial charge in [-0.1, -0.05) is 12.1 Å². The maximum atomic E-state index is 5.58. The number of hydrogen-bond donors (Lipinski definition) is 1. The molecule has 0 bridgehead atoms. The molecule has 1 aliphatic carbocycles. The molecule has 5 nitrogen and oxygen atoms in total. The van der Waals surface area contributed by atoms with Crippen molar-refractivity contribution in [2.24, 2.45) is 0 Å². The summed E-state index contributed by atoms with van der Waals surface area (Å²) in [5.74, 6) is 0.895. The molecular formula is C18H27N3O2. The lowest BCUT2D eigenvalue weighted by Gasteiger charge is -2.10. The molecule has 0 radical (unpaired) electrons. The van der Waals surface area contributed by atoms with Crippen LogP contribution in [-0.2, 0) is 11.3 Å². The van der Waals surface area contributed by atoms with Crippen LogP contribution in [0, 0.1) is 0 Å². The van der Waals surface area contributed by atoms with Crippen LogP contribution in [0.5, 0.6) is 5.75 Å². The van der Waals surface area contributed by atoms with E-state index in [1.165, 1.54) is 18.2 Å². The topological polar surface area (TPSA) is 48.3 Å². The van der Waals surface area contributed by atoms with Gasteiger partial charge in [-0.3, -0.25) is 4.68 Å². The molecule has 1 heterocycles. The minimum absolute atomic E-state index is 0.261. The van der Waals surface area contributed by atoms with E-state index in [0.717, 1.165) is 43.0 Å². The highest BCUT2D eigenvalue weighted by atomic mass is 16.5. The van der Waals surface area contributed by atoms with E-state index >= 15 is 0 Å². The number of rotatable bonds is 9. The number of aryl methyl sites for hydroxylation is 1. The molecule has 0 spiro atoms. The maximum Gasteiger partial charge on any atom is 0.144 e. The Morgan fingerprint density at radius 1 is 1.30 bits per heavy atom. The average Bonchev–Trinajstić information content (AvgIpc) is 3.30. The Morgan fingerprint density at radius 2 is 2.13 bits per heavy atom. The van der Waals surface area contributed by atoms with Crippen LogP contribution in [0.3, 0.4) is 0 Å². The number of ether oxygens (including phenoxy) is 2. The number of hydrogen-bond acceptors (Lipinski definition) is 4. The van der Waals surface area contributed by atoms with Gasteiger partial charge in [0.15, 0.2) is 0 Å². The molecule has 1 unspecified atom stereocenters. The highest BCUT2D eigenvalue weighted by Crippen LogP contribution is 2.32. The molecule has 1 aliphatic rings. The summed E-state index contributed by atoms with van der Waals surface area (Å²) >= 11 is 0. The molecule has 1 N–H and O–H groups in total. The average molecular weight is 317 g/mol. The smallest absolute Gasteiger partial charge is 0.144 e. The monoisotopic (exact) mass is 317 g/mol. The molecule has 23 heavy (non-hydrogen) atoms. The Bertz CT molecular complexity index is 649. The Hall–Kier alpha value is -1.59. The minimum atomic E-state index is 0.261. The van der Waals surface area contributed by atoms with E-state index in [4.69, 9.17) is 14.6 Å². The van der Waals surface area contributed by atoms with Gasteiger partial charge >= 0.3 is 0 Å². The quantitative estimate of drug-likeness (QED) is 0.721. The van der Waals surface area contributed by atoms with Crippen LogP contribution < -0.4 is 10.1 Å². The molecule has 126 valence electrons. The van der Waals surface area contributed by atoms with E-state index < -0.39 is 0 Å². The van der Waals surface area contributed by atoms with Crippen molar-refractivity contribution in [1.82, 2.24) is 15.1 Å². The van der Waals surface area contributed by atoms with Crippen LogP contribution in [0.25, 0.3) is 10.9 Å². The number of para-hydroxylation sites is 1. The van der Waals surface area contributed by atoms with E-state index in [1.807, 2.05) is 12.1 Å². The normalized spacial score (nSPS) is 16.0. The van der Waals surface area contributed by atoms with Crippen LogP contribution >= 0.6 is 0 Å². The number of aromatic nitrogens is 2. The van der Waals surface area contributed by atoms with Gasteiger partial charge in [0.1, 0.15) is 11.3 Å². The second-order valence-corrected chi connectivity index (χ2v) is 6.33. The first-order chi connectivity index (χ1) is 11.2.